The number of benzene rings is 2. The smallest absolute Gasteiger partial charge is 0.166 e. The summed E-state index contributed by atoms with van der Waals surface area (Å²) in [6, 6.07) is 7.61. The Labute approximate surface area is 107 Å². The van der Waals surface area contributed by atoms with E-state index in [4.69, 9.17) is 21.4 Å². The summed E-state index contributed by atoms with van der Waals surface area (Å²) in [6.45, 7) is -0.313. The highest BCUT2D eigenvalue weighted by atomic mass is 35.5. The van der Waals surface area contributed by atoms with Crippen LogP contribution in [-0.4, -0.2) is 5.11 Å². The fourth-order valence-corrected chi connectivity index (χ4v) is 1.69. The van der Waals surface area contributed by atoms with E-state index in [0.29, 0.717) is 5.56 Å². The molecule has 0 unspecified atom stereocenters. The number of aliphatic hydroxyl groups is 1. The minimum Gasteiger partial charge on any atom is -0.452 e. The lowest BCUT2D eigenvalue weighted by molar-refractivity contribution is 0.276. The van der Waals surface area contributed by atoms with Crippen molar-refractivity contribution in [2.45, 2.75) is 6.61 Å². The van der Waals surface area contributed by atoms with Crippen LogP contribution in [0.15, 0.2) is 36.4 Å². The molecular weight excluding hydrogens is 262 g/mol. The second-order valence-electron chi connectivity index (χ2n) is 3.56. The summed E-state index contributed by atoms with van der Waals surface area (Å²) in [5.41, 5.74) is 0.395. The molecule has 0 atom stereocenters. The average Bonchev–Trinajstić information content (AvgIpc) is 2.36. The molecule has 0 aliphatic heterocycles. The molecule has 18 heavy (non-hydrogen) atoms. The van der Waals surface area contributed by atoms with Gasteiger partial charge in [0.15, 0.2) is 17.3 Å². The third kappa shape index (κ3) is 2.60. The molecular formula is C13H9ClF2O2. The Hall–Kier alpha value is -1.65. The van der Waals surface area contributed by atoms with Crippen LogP contribution >= 0.6 is 11.6 Å². The molecule has 0 fully saturated rings. The summed E-state index contributed by atoms with van der Waals surface area (Å²) < 4.78 is 31.7. The third-order valence-corrected chi connectivity index (χ3v) is 2.62. The van der Waals surface area contributed by atoms with E-state index >= 15 is 0 Å². The van der Waals surface area contributed by atoms with Gasteiger partial charge in [-0.1, -0.05) is 23.7 Å². The predicted octanol–water partition coefficient (Wildman–Crippen LogP) is 3.90. The van der Waals surface area contributed by atoms with Crippen LogP contribution < -0.4 is 4.74 Å². The van der Waals surface area contributed by atoms with Crippen LogP contribution in [0.5, 0.6) is 11.5 Å². The SMILES string of the molecule is OCc1cccc(Cl)c1Oc1cc(F)ccc1F. The normalized spacial score (nSPS) is 10.4. The molecule has 0 saturated carbocycles. The largest absolute Gasteiger partial charge is 0.452 e. The maximum Gasteiger partial charge on any atom is 0.166 e. The summed E-state index contributed by atoms with van der Waals surface area (Å²) >= 11 is 5.90. The van der Waals surface area contributed by atoms with Gasteiger partial charge in [0.25, 0.3) is 0 Å². The fraction of sp³-hybridized carbons (Fsp3) is 0.0769. The van der Waals surface area contributed by atoms with E-state index in [-0.39, 0.29) is 23.1 Å². The van der Waals surface area contributed by atoms with E-state index in [2.05, 4.69) is 0 Å². The van der Waals surface area contributed by atoms with Gasteiger partial charge < -0.3 is 9.84 Å². The zero-order valence-electron chi connectivity index (χ0n) is 9.16. The first-order valence-corrected chi connectivity index (χ1v) is 5.50. The van der Waals surface area contributed by atoms with E-state index in [1.54, 1.807) is 12.1 Å². The quantitative estimate of drug-likeness (QED) is 0.916. The predicted molar refractivity (Wildman–Crippen MR) is 63.8 cm³/mol. The van der Waals surface area contributed by atoms with Crippen molar-refractivity contribution in [2.24, 2.45) is 0 Å². The van der Waals surface area contributed by atoms with Gasteiger partial charge in [-0.25, -0.2) is 8.78 Å². The molecule has 2 rings (SSSR count). The van der Waals surface area contributed by atoms with Gasteiger partial charge in [0.2, 0.25) is 0 Å². The van der Waals surface area contributed by atoms with Crippen molar-refractivity contribution in [1.29, 1.82) is 0 Å². The van der Waals surface area contributed by atoms with Crippen LogP contribution in [0.4, 0.5) is 8.78 Å². The van der Waals surface area contributed by atoms with Crippen LogP contribution in [-0.2, 0) is 6.61 Å². The molecule has 2 nitrogen and oxygen atoms in total. The maximum atomic E-state index is 13.4. The average molecular weight is 271 g/mol. The molecule has 94 valence electrons. The second-order valence-corrected chi connectivity index (χ2v) is 3.97. The summed E-state index contributed by atoms with van der Waals surface area (Å²) in [5, 5.41) is 9.35. The molecule has 5 heteroatoms. The van der Waals surface area contributed by atoms with Gasteiger partial charge in [0, 0.05) is 11.6 Å². The number of aliphatic hydroxyl groups excluding tert-OH is 1. The van der Waals surface area contributed by atoms with Crippen molar-refractivity contribution in [2.75, 3.05) is 0 Å². The molecule has 0 bridgehead atoms. The summed E-state index contributed by atoms with van der Waals surface area (Å²) in [5.74, 6) is -1.49. The lowest BCUT2D eigenvalue weighted by Gasteiger charge is -2.12. The molecule has 0 spiro atoms. The van der Waals surface area contributed by atoms with Crippen LogP contribution in [0.3, 0.4) is 0 Å². The van der Waals surface area contributed by atoms with Gasteiger partial charge in [-0.3, -0.25) is 0 Å². The first-order valence-electron chi connectivity index (χ1n) is 5.13. The summed E-state index contributed by atoms with van der Waals surface area (Å²) in [4.78, 5) is 0. The molecule has 0 radical (unpaired) electrons. The Kier molecular flexibility index (Phi) is 3.79. The van der Waals surface area contributed by atoms with Crippen molar-refractivity contribution in [3.8, 4) is 11.5 Å². The van der Waals surface area contributed by atoms with Crippen molar-refractivity contribution < 1.29 is 18.6 Å². The minimum absolute atomic E-state index is 0.117. The molecule has 0 heterocycles. The standard InChI is InChI=1S/C13H9ClF2O2/c14-10-3-1-2-8(7-17)13(10)18-12-6-9(15)4-5-11(12)16/h1-6,17H,7H2. The fourth-order valence-electron chi connectivity index (χ4n) is 1.46. The lowest BCUT2D eigenvalue weighted by atomic mass is 10.2. The molecule has 2 aromatic carbocycles. The molecule has 0 aliphatic carbocycles. The summed E-state index contributed by atoms with van der Waals surface area (Å²) in [6.07, 6.45) is 0. The topological polar surface area (TPSA) is 29.5 Å². The van der Waals surface area contributed by atoms with Crippen LogP contribution in [0.2, 0.25) is 5.02 Å². The lowest BCUT2D eigenvalue weighted by Crippen LogP contribution is -1.95. The zero-order valence-corrected chi connectivity index (χ0v) is 9.92. The van der Waals surface area contributed by atoms with Gasteiger partial charge in [-0.2, -0.15) is 0 Å². The van der Waals surface area contributed by atoms with E-state index in [0.717, 1.165) is 18.2 Å². The minimum atomic E-state index is -0.708. The zero-order chi connectivity index (χ0) is 13.1. The van der Waals surface area contributed by atoms with E-state index < -0.39 is 11.6 Å². The van der Waals surface area contributed by atoms with Gasteiger partial charge in [0.1, 0.15) is 5.82 Å². The first kappa shape index (κ1) is 12.8. The van der Waals surface area contributed by atoms with E-state index in [1.165, 1.54) is 6.07 Å². The molecule has 0 saturated heterocycles. The van der Waals surface area contributed by atoms with Gasteiger partial charge >= 0.3 is 0 Å². The molecule has 0 aromatic heterocycles. The number of rotatable bonds is 3. The second kappa shape index (κ2) is 5.33. The van der Waals surface area contributed by atoms with Gasteiger partial charge in [-0.15, -0.1) is 0 Å². The maximum absolute atomic E-state index is 13.4. The molecule has 1 N–H and O–H groups in total. The van der Waals surface area contributed by atoms with Crippen molar-refractivity contribution >= 4 is 11.6 Å². The van der Waals surface area contributed by atoms with E-state index in [1.807, 2.05) is 0 Å². The number of hydrogen-bond acceptors (Lipinski definition) is 2. The van der Waals surface area contributed by atoms with Gasteiger partial charge in [-0.05, 0) is 18.2 Å². The highest BCUT2D eigenvalue weighted by Crippen LogP contribution is 2.34. The van der Waals surface area contributed by atoms with Crippen LogP contribution in [0.1, 0.15) is 5.56 Å². The Balaban J connectivity index is 2.42. The molecule has 0 aliphatic rings. The highest BCUT2D eigenvalue weighted by Gasteiger charge is 2.12. The number of halogens is 3. The molecule has 0 amide bonds. The van der Waals surface area contributed by atoms with Crippen LogP contribution in [0, 0.1) is 11.6 Å². The van der Waals surface area contributed by atoms with E-state index in [9.17, 15) is 8.78 Å². The Morgan fingerprint density at radius 3 is 2.67 bits per heavy atom. The molecule has 2 aromatic rings. The number of para-hydroxylation sites is 1. The number of ether oxygens (including phenoxy) is 1. The van der Waals surface area contributed by atoms with Crippen LogP contribution in [0.25, 0.3) is 0 Å². The Bertz CT molecular complexity index is 573. The monoisotopic (exact) mass is 270 g/mol. The Morgan fingerprint density at radius 1 is 1.17 bits per heavy atom. The number of hydrogen-bond donors (Lipinski definition) is 1. The first-order chi connectivity index (χ1) is 8.61. The van der Waals surface area contributed by atoms with Crippen molar-refractivity contribution in [1.82, 2.24) is 0 Å². The summed E-state index contributed by atoms with van der Waals surface area (Å²) in [7, 11) is 0. The Morgan fingerprint density at radius 2 is 1.94 bits per heavy atom. The van der Waals surface area contributed by atoms with Gasteiger partial charge in [0.05, 0.1) is 11.6 Å². The third-order valence-electron chi connectivity index (χ3n) is 2.32. The van der Waals surface area contributed by atoms with Crippen molar-refractivity contribution in [3.63, 3.8) is 0 Å². The highest BCUT2D eigenvalue weighted by molar-refractivity contribution is 6.32. The van der Waals surface area contributed by atoms with Crippen molar-refractivity contribution in [3.05, 3.63) is 58.6 Å².